The van der Waals surface area contributed by atoms with Crippen LogP contribution in [-0.2, 0) is 27.5 Å². The number of carbonyl (C=O) groups is 5. The molecule has 0 bridgehead atoms. The maximum Gasteiger partial charge on any atom is 0.434 e. The summed E-state index contributed by atoms with van der Waals surface area (Å²) in [7, 11) is 1.08. The summed E-state index contributed by atoms with van der Waals surface area (Å²) in [6.45, 7) is 18.1. The molecule has 2 aliphatic heterocycles. The minimum Gasteiger partial charge on any atom is -0.478 e. The number of halogens is 6. The van der Waals surface area contributed by atoms with Crippen molar-refractivity contribution in [1.29, 1.82) is 0 Å². The van der Waals surface area contributed by atoms with E-state index in [0.29, 0.717) is 27.5 Å². The number of carboxylic acids is 2. The molecule has 6 rings (SSSR count). The summed E-state index contributed by atoms with van der Waals surface area (Å²) in [4.78, 5) is 67.8. The number of ether oxygens (including phenoxy) is 1. The van der Waals surface area contributed by atoms with E-state index < -0.39 is 57.2 Å². The number of aliphatic imine (C=N–C) groups is 2. The van der Waals surface area contributed by atoms with Crippen molar-refractivity contribution >= 4 is 68.9 Å². The number of carboxylic acid groups (broad SMARTS) is 2. The number of amidine groups is 2. The molecule has 2 aliphatic rings. The molecule has 0 saturated carbocycles. The molecule has 1 aromatic heterocycles. The molecule has 0 aliphatic carbocycles. The second-order valence-corrected chi connectivity index (χ2v) is 17.7. The third-order valence-electron chi connectivity index (χ3n) is 10.8. The number of aryl methyl sites for hydroxylation is 3. The fraction of sp³-hybridized carbons (Fsp3) is 0.378. The van der Waals surface area contributed by atoms with Gasteiger partial charge in [-0.3, -0.25) is 24.3 Å². The Hall–Kier alpha value is -5.95. The Bertz CT molecular complexity index is 2640. The van der Waals surface area contributed by atoms with Gasteiger partial charge in [0.15, 0.2) is 5.69 Å². The summed E-state index contributed by atoms with van der Waals surface area (Å²) in [5.41, 5.74) is -0.606. The van der Waals surface area contributed by atoms with Crippen molar-refractivity contribution in [2.45, 2.75) is 92.6 Å². The maximum absolute atomic E-state index is 14.3. The highest BCUT2D eigenvalue weighted by Gasteiger charge is 2.44. The normalized spacial score (nSPS) is 18.0. The number of nitrogens with zero attached hydrogens (tertiary/aromatic N) is 4. The van der Waals surface area contributed by atoms with E-state index in [2.05, 4.69) is 41.6 Å². The number of esters is 1. The lowest BCUT2D eigenvalue weighted by Crippen LogP contribution is -2.41. The van der Waals surface area contributed by atoms with Crippen LogP contribution in [0.25, 0.3) is 11.3 Å². The number of benzene rings is 3. The fourth-order valence-corrected chi connectivity index (χ4v) is 7.35. The number of carbonyl (C=O) groups excluding carboxylic acids is 3. The zero-order valence-corrected chi connectivity index (χ0v) is 39.6. The van der Waals surface area contributed by atoms with Crippen LogP contribution in [0.2, 0.25) is 5.02 Å². The minimum atomic E-state index is -4.69. The minimum absolute atomic E-state index is 0.0260. The van der Waals surface area contributed by atoms with Crippen LogP contribution in [-0.4, -0.2) is 78.6 Å². The SMILES string of the molecule is CC(C)OC(=O)c1cc(-c2nn(C)c(C(F)(F)F)c2Br)c(F)cc1Cl.Cc1ccc(C(=O)O)c(C2=NC(C)(C(C)C)C(=O)N2)c1.Cc1ccc(C2=NC(C)(C(C)C)C(=O)N2)c(C(=O)O)c1. The van der Waals surface area contributed by atoms with Crippen LogP contribution in [0.5, 0.6) is 0 Å². The summed E-state index contributed by atoms with van der Waals surface area (Å²) in [5.74, 6) is -3.45. The summed E-state index contributed by atoms with van der Waals surface area (Å²) in [6, 6.07) is 11.9. The van der Waals surface area contributed by atoms with E-state index in [1.165, 1.54) is 6.07 Å². The zero-order chi connectivity index (χ0) is 49.3. The molecule has 4 aromatic rings. The Labute approximate surface area is 385 Å². The Balaban J connectivity index is 0.000000215. The molecule has 0 radical (unpaired) electrons. The monoisotopic (exact) mass is 990 g/mol. The van der Waals surface area contributed by atoms with Gasteiger partial charge in [-0.15, -0.1) is 0 Å². The molecule has 2 amide bonds. The molecule has 3 heterocycles. The first-order chi connectivity index (χ1) is 29.9. The summed E-state index contributed by atoms with van der Waals surface area (Å²) < 4.78 is 58.6. The van der Waals surface area contributed by atoms with E-state index in [0.717, 1.165) is 30.3 Å². The molecule has 0 spiro atoms. The molecule has 2 atom stereocenters. The van der Waals surface area contributed by atoms with Crippen molar-refractivity contribution in [2.75, 3.05) is 0 Å². The first kappa shape index (κ1) is 51.7. The highest BCUT2D eigenvalue weighted by atomic mass is 79.9. The summed E-state index contributed by atoms with van der Waals surface area (Å²) in [6.07, 6.45) is -5.14. The predicted molar refractivity (Wildman–Crippen MR) is 239 cm³/mol. The van der Waals surface area contributed by atoms with E-state index in [1.54, 1.807) is 52.0 Å². The third-order valence-corrected chi connectivity index (χ3v) is 11.8. The van der Waals surface area contributed by atoms with Gasteiger partial charge in [-0.1, -0.05) is 68.6 Å². The Morgan fingerprint density at radius 2 is 1.26 bits per heavy atom. The average molecular weight is 992 g/mol. The topological polar surface area (TPSA) is 202 Å². The Morgan fingerprint density at radius 1 is 0.769 bits per heavy atom. The van der Waals surface area contributed by atoms with E-state index in [4.69, 9.17) is 16.3 Å². The molecular weight excluding hydrogens is 944 g/mol. The summed E-state index contributed by atoms with van der Waals surface area (Å²) >= 11 is 8.67. The largest absolute Gasteiger partial charge is 0.478 e. The molecule has 65 heavy (non-hydrogen) atoms. The van der Waals surface area contributed by atoms with E-state index in [-0.39, 0.29) is 56.6 Å². The lowest BCUT2D eigenvalue weighted by Gasteiger charge is -2.21. The highest BCUT2D eigenvalue weighted by molar-refractivity contribution is 9.10. The van der Waals surface area contributed by atoms with Crippen LogP contribution in [0.4, 0.5) is 17.6 Å². The molecule has 2 unspecified atom stereocenters. The van der Waals surface area contributed by atoms with Gasteiger partial charge in [0.25, 0.3) is 11.8 Å². The van der Waals surface area contributed by atoms with Crippen LogP contribution in [0.1, 0.15) is 114 Å². The second kappa shape index (κ2) is 19.7. The number of aromatic carboxylic acids is 2. The molecule has 4 N–H and O–H groups in total. The highest BCUT2D eigenvalue weighted by Crippen LogP contribution is 2.41. The van der Waals surface area contributed by atoms with Crippen LogP contribution >= 0.6 is 27.5 Å². The van der Waals surface area contributed by atoms with Gasteiger partial charge in [0.2, 0.25) is 0 Å². The molecule has 20 heteroatoms. The zero-order valence-electron chi connectivity index (χ0n) is 37.3. The van der Waals surface area contributed by atoms with E-state index in [9.17, 15) is 51.7 Å². The molecule has 0 fully saturated rings. The number of nitrogens with one attached hydrogen (secondary N) is 2. The predicted octanol–water partition coefficient (Wildman–Crippen LogP) is 9.19. The van der Waals surface area contributed by atoms with Gasteiger partial charge in [0.05, 0.1) is 32.3 Å². The number of rotatable bonds is 9. The van der Waals surface area contributed by atoms with E-state index >= 15 is 0 Å². The van der Waals surface area contributed by atoms with Gasteiger partial charge in [0, 0.05) is 23.7 Å². The van der Waals surface area contributed by atoms with Crippen LogP contribution in [0.15, 0.2) is 63.0 Å². The molecular formula is C45H48BrClF4N6O8. The first-order valence-electron chi connectivity index (χ1n) is 20.0. The van der Waals surface area contributed by atoms with Crippen molar-refractivity contribution in [3.8, 4) is 11.3 Å². The van der Waals surface area contributed by atoms with Crippen LogP contribution < -0.4 is 10.6 Å². The molecule has 14 nitrogen and oxygen atoms in total. The van der Waals surface area contributed by atoms with Crippen molar-refractivity contribution in [2.24, 2.45) is 28.9 Å². The van der Waals surface area contributed by atoms with Crippen LogP contribution in [0, 0.1) is 31.5 Å². The van der Waals surface area contributed by atoms with Gasteiger partial charge in [-0.25, -0.2) is 18.8 Å². The smallest absolute Gasteiger partial charge is 0.434 e. The first-order valence-corrected chi connectivity index (χ1v) is 21.1. The third kappa shape index (κ3) is 11.1. The molecule has 348 valence electrons. The number of alkyl halides is 3. The molecule has 3 aromatic carbocycles. The van der Waals surface area contributed by atoms with Crippen molar-refractivity contribution in [3.05, 3.63) is 108 Å². The van der Waals surface area contributed by atoms with Crippen molar-refractivity contribution in [3.63, 3.8) is 0 Å². The van der Waals surface area contributed by atoms with Gasteiger partial charge in [0.1, 0.15) is 34.3 Å². The molecule has 0 saturated heterocycles. The number of hydrogen-bond acceptors (Lipinski definition) is 9. The average Bonchev–Trinajstić information content (AvgIpc) is 3.79. The second-order valence-electron chi connectivity index (χ2n) is 16.5. The van der Waals surface area contributed by atoms with Gasteiger partial charge >= 0.3 is 24.1 Å². The van der Waals surface area contributed by atoms with Gasteiger partial charge in [-0.2, -0.15) is 18.3 Å². The number of amides is 2. The lowest BCUT2D eigenvalue weighted by atomic mass is 9.89. The Kier molecular flexibility index (Phi) is 15.6. The van der Waals surface area contributed by atoms with Gasteiger partial charge < -0.3 is 25.6 Å². The number of aromatic nitrogens is 2. The van der Waals surface area contributed by atoms with Gasteiger partial charge in [-0.05, 0) is 99.6 Å². The van der Waals surface area contributed by atoms with Crippen LogP contribution in [0.3, 0.4) is 0 Å². The Morgan fingerprint density at radius 3 is 1.71 bits per heavy atom. The quantitative estimate of drug-likeness (QED) is 0.0932. The fourth-order valence-electron chi connectivity index (χ4n) is 6.35. The standard InChI is InChI=1S/C15H12BrClF4N2O2.2C15H18N2O3/c1-6(2)25-14(24)7-4-8(10(18)5-9(7)17)12-11(16)13(15(19,20)21)23(3)22-12;1-8(2)15(4)14(20)16-12(17-15)11-7-9(3)5-6-10(11)13(18)19;1-8(2)15(4)14(20)16-12(17-15)10-6-5-9(3)7-11(10)13(18)19/h4-6H,1-3H3;2*5-8H,1-4H3,(H,18,19)(H,16,17,20). The van der Waals surface area contributed by atoms with E-state index in [1.807, 2.05) is 47.6 Å². The summed E-state index contributed by atoms with van der Waals surface area (Å²) in [5, 5.41) is 27.5. The maximum atomic E-state index is 14.3. The van der Waals surface area contributed by atoms with Crippen molar-refractivity contribution < 1.29 is 56.5 Å². The number of hydrogen-bond donors (Lipinski definition) is 4. The lowest BCUT2D eigenvalue weighted by molar-refractivity contribution is -0.144. The van der Waals surface area contributed by atoms with Crippen molar-refractivity contribution in [1.82, 2.24) is 20.4 Å².